The maximum atomic E-state index is 12.3. The second-order valence-electron chi connectivity index (χ2n) is 5.07. The van der Waals surface area contributed by atoms with E-state index in [9.17, 15) is 4.79 Å². The molecule has 1 aliphatic heterocycles. The molecule has 0 N–H and O–H groups in total. The molecule has 0 spiro atoms. The number of carbonyl (C=O) groups is 1. The molecule has 1 saturated heterocycles. The maximum Gasteiger partial charge on any atom is 0.227 e. The summed E-state index contributed by atoms with van der Waals surface area (Å²) in [7, 11) is 0. The Kier molecular flexibility index (Phi) is 6.14. The van der Waals surface area contributed by atoms with Gasteiger partial charge in [0.1, 0.15) is 0 Å². The van der Waals surface area contributed by atoms with E-state index in [1.54, 1.807) is 0 Å². The summed E-state index contributed by atoms with van der Waals surface area (Å²) < 4.78 is 0. The Morgan fingerprint density at radius 2 is 2.05 bits per heavy atom. The summed E-state index contributed by atoms with van der Waals surface area (Å²) in [5, 5.41) is 0.680. The molecular weight excluding hydrogens is 295 g/mol. The van der Waals surface area contributed by atoms with Crippen LogP contribution in [0.3, 0.4) is 0 Å². The fourth-order valence-electron chi connectivity index (χ4n) is 2.50. The van der Waals surface area contributed by atoms with Gasteiger partial charge < -0.3 is 9.80 Å². The monoisotopic (exact) mass is 314 g/mol. The molecule has 5 heteroatoms. The van der Waals surface area contributed by atoms with E-state index in [1.165, 1.54) is 0 Å². The quantitative estimate of drug-likeness (QED) is 0.798. The molecule has 1 amide bonds. The van der Waals surface area contributed by atoms with Crippen LogP contribution in [0.25, 0.3) is 0 Å². The number of hydrogen-bond acceptors (Lipinski definition) is 2. The van der Waals surface area contributed by atoms with Crippen molar-refractivity contribution in [3.05, 3.63) is 34.9 Å². The van der Waals surface area contributed by atoms with Crippen LogP contribution in [-0.4, -0.2) is 54.3 Å². The molecule has 1 aliphatic rings. The van der Waals surface area contributed by atoms with E-state index in [2.05, 4.69) is 4.90 Å². The van der Waals surface area contributed by atoms with Crippen LogP contribution in [0.5, 0.6) is 0 Å². The van der Waals surface area contributed by atoms with Crippen molar-refractivity contribution in [2.45, 2.75) is 12.8 Å². The van der Waals surface area contributed by atoms with Crippen LogP contribution in [0.15, 0.2) is 24.3 Å². The molecule has 0 radical (unpaired) electrons. The molecule has 2 rings (SSSR count). The SMILES string of the molecule is O=C(Cc1cccc(Cl)c1)N1CCCN(CCCl)CC1. The standard InChI is InChI=1S/C15H20Cl2N2O/c16-5-8-18-6-2-7-19(10-9-18)15(20)12-13-3-1-4-14(17)11-13/h1,3-4,11H,2,5-10,12H2. The number of hydrogen-bond donors (Lipinski definition) is 0. The topological polar surface area (TPSA) is 23.6 Å². The van der Waals surface area contributed by atoms with Crippen molar-refractivity contribution in [3.8, 4) is 0 Å². The molecule has 0 aromatic heterocycles. The number of benzene rings is 1. The van der Waals surface area contributed by atoms with Crippen LogP contribution in [0.1, 0.15) is 12.0 Å². The summed E-state index contributed by atoms with van der Waals surface area (Å²) in [6, 6.07) is 7.51. The van der Waals surface area contributed by atoms with Crippen LogP contribution in [-0.2, 0) is 11.2 Å². The number of rotatable bonds is 4. The fourth-order valence-corrected chi connectivity index (χ4v) is 2.95. The van der Waals surface area contributed by atoms with Crippen LogP contribution in [0.2, 0.25) is 5.02 Å². The maximum absolute atomic E-state index is 12.3. The fraction of sp³-hybridized carbons (Fsp3) is 0.533. The summed E-state index contributed by atoms with van der Waals surface area (Å²) in [5.41, 5.74) is 0.976. The highest BCUT2D eigenvalue weighted by molar-refractivity contribution is 6.30. The molecule has 1 aromatic rings. The molecule has 0 bridgehead atoms. The van der Waals surface area contributed by atoms with E-state index in [0.717, 1.165) is 44.7 Å². The van der Waals surface area contributed by atoms with Gasteiger partial charge in [0.2, 0.25) is 5.91 Å². The van der Waals surface area contributed by atoms with Gasteiger partial charge in [-0.3, -0.25) is 4.79 Å². The summed E-state index contributed by atoms with van der Waals surface area (Å²) in [5.74, 6) is 0.830. The Labute approximate surface area is 130 Å². The molecule has 1 heterocycles. The van der Waals surface area contributed by atoms with Gasteiger partial charge in [-0.05, 0) is 30.7 Å². The smallest absolute Gasteiger partial charge is 0.227 e. The highest BCUT2D eigenvalue weighted by atomic mass is 35.5. The summed E-state index contributed by atoms with van der Waals surface area (Å²) >= 11 is 11.7. The predicted octanol–water partition coefficient (Wildman–Crippen LogP) is 2.66. The lowest BCUT2D eigenvalue weighted by atomic mass is 10.1. The van der Waals surface area contributed by atoms with E-state index < -0.39 is 0 Å². The number of carbonyl (C=O) groups excluding carboxylic acids is 1. The van der Waals surface area contributed by atoms with Crippen molar-refractivity contribution in [1.29, 1.82) is 0 Å². The normalized spacial score (nSPS) is 17.0. The first-order chi connectivity index (χ1) is 9.69. The van der Waals surface area contributed by atoms with Gasteiger partial charge in [0.25, 0.3) is 0 Å². The molecule has 0 aliphatic carbocycles. The van der Waals surface area contributed by atoms with Crippen LogP contribution in [0, 0.1) is 0 Å². The van der Waals surface area contributed by atoms with Crippen LogP contribution >= 0.6 is 23.2 Å². The number of amides is 1. The molecule has 3 nitrogen and oxygen atoms in total. The van der Waals surface area contributed by atoms with E-state index in [4.69, 9.17) is 23.2 Å². The second-order valence-corrected chi connectivity index (χ2v) is 5.89. The van der Waals surface area contributed by atoms with Crippen LogP contribution < -0.4 is 0 Å². The van der Waals surface area contributed by atoms with Crippen LogP contribution in [0.4, 0.5) is 0 Å². The van der Waals surface area contributed by atoms with E-state index in [0.29, 0.717) is 17.3 Å². The second kappa shape index (κ2) is 7.87. The third-order valence-corrected chi connectivity index (χ3v) is 3.99. The lowest BCUT2D eigenvalue weighted by Gasteiger charge is -2.21. The minimum Gasteiger partial charge on any atom is -0.341 e. The Morgan fingerprint density at radius 3 is 2.80 bits per heavy atom. The average Bonchev–Trinajstić information content (AvgIpc) is 2.65. The number of halogens is 2. The molecular formula is C15H20Cl2N2O. The first-order valence-electron chi connectivity index (χ1n) is 6.99. The molecule has 110 valence electrons. The first-order valence-corrected chi connectivity index (χ1v) is 7.91. The minimum atomic E-state index is 0.181. The van der Waals surface area contributed by atoms with Crippen molar-refractivity contribution >= 4 is 29.1 Å². The Bertz CT molecular complexity index is 453. The van der Waals surface area contributed by atoms with Gasteiger partial charge in [-0.15, -0.1) is 11.6 Å². The van der Waals surface area contributed by atoms with Crippen molar-refractivity contribution in [3.63, 3.8) is 0 Å². The Balaban J connectivity index is 1.89. The molecule has 0 unspecified atom stereocenters. The van der Waals surface area contributed by atoms with Gasteiger partial charge >= 0.3 is 0 Å². The zero-order valence-corrected chi connectivity index (χ0v) is 13.0. The minimum absolute atomic E-state index is 0.181. The van der Waals surface area contributed by atoms with Gasteiger partial charge in [-0.1, -0.05) is 23.7 Å². The summed E-state index contributed by atoms with van der Waals surface area (Å²) in [6.45, 7) is 4.45. The van der Waals surface area contributed by atoms with Crippen molar-refractivity contribution in [2.75, 3.05) is 38.6 Å². The van der Waals surface area contributed by atoms with Gasteiger partial charge in [0, 0.05) is 37.1 Å². The zero-order chi connectivity index (χ0) is 14.4. The Hall–Kier alpha value is -0.770. The van der Waals surface area contributed by atoms with E-state index >= 15 is 0 Å². The predicted molar refractivity (Wildman–Crippen MR) is 83.5 cm³/mol. The molecule has 0 saturated carbocycles. The van der Waals surface area contributed by atoms with Gasteiger partial charge in [0.15, 0.2) is 0 Å². The molecule has 0 atom stereocenters. The number of nitrogens with zero attached hydrogens (tertiary/aromatic N) is 2. The van der Waals surface area contributed by atoms with Gasteiger partial charge in [-0.25, -0.2) is 0 Å². The lowest BCUT2D eigenvalue weighted by Crippen LogP contribution is -2.36. The van der Waals surface area contributed by atoms with Crippen molar-refractivity contribution < 1.29 is 4.79 Å². The van der Waals surface area contributed by atoms with Gasteiger partial charge in [-0.2, -0.15) is 0 Å². The van der Waals surface area contributed by atoms with Crippen molar-refractivity contribution in [2.24, 2.45) is 0 Å². The Morgan fingerprint density at radius 1 is 1.20 bits per heavy atom. The van der Waals surface area contributed by atoms with E-state index in [-0.39, 0.29) is 5.91 Å². The number of alkyl halides is 1. The third kappa shape index (κ3) is 4.65. The summed E-state index contributed by atoms with van der Waals surface area (Å²) in [6.07, 6.45) is 1.44. The van der Waals surface area contributed by atoms with E-state index in [1.807, 2.05) is 29.2 Å². The van der Waals surface area contributed by atoms with Crippen molar-refractivity contribution in [1.82, 2.24) is 9.80 Å². The highest BCUT2D eigenvalue weighted by Gasteiger charge is 2.18. The first kappa shape index (κ1) is 15.6. The largest absolute Gasteiger partial charge is 0.341 e. The molecule has 1 aromatic carbocycles. The molecule has 20 heavy (non-hydrogen) atoms. The highest BCUT2D eigenvalue weighted by Crippen LogP contribution is 2.13. The average molecular weight is 315 g/mol. The third-order valence-electron chi connectivity index (χ3n) is 3.59. The molecule has 1 fully saturated rings. The van der Waals surface area contributed by atoms with Gasteiger partial charge in [0.05, 0.1) is 6.42 Å². The lowest BCUT2D eigenvalue weighted by molar-refractivity contribution is -0.130. The summed E-state index contributed by atoms with van der Waals surface area (Å²) in [4.78, 5) is 16.6. The zero-order valence-electron chi connectivity index (χ0n) is 11.5.